The second-order valence-electron chi connectivity index (χ2n) is 6.84. The highest BCUT2D eigenvalue weighted by Crippen LogP contribution is 2.66. The molecule has 7 heteroatoms. The molecule has 2 unspecified atom stereocenters. The minimum atomic E-state index is -2.57. The normalized spacial score (nSPS) is 31.2. The molecule has 0 aromatic carbocycles. The molecule has 0 aromatic rings. The number of amides is 1. The first-order valence-electron chi connectivity index (χ1n) is 7.02. The minimum absolute atomic E-state index is 0.143. The van der Waals surface area contributed by atoms with Crippen molar-refractivity contribution in [3.8, 4) is 0 Å². The van der Waals surface area contributed by atoms with E-state index in [4.69, 9.17) is 4.74 Å². The van der Waals surface area contributed by atoms with E-state index >= 15 is 0 Å². The van der Waals surface area contributed by atoms with Gasteiger partial charge in [0.05, 0.1) is 10.5 Å². The zero-order valence-electron chi connectivity index (χ0n) is 12.3. The Morgan fingerprint density at radius 2 is 1.86 bits per heavy atom. The van der Waals surface area contributed by atoms with E-state index in [1.165, 1.54) is 0 Å². The van der Waals surface area contributed by atoms with Gasteiger partial charge < -0.3 is 10.1 Å². The van der Waals surface area contributed by atoms with Crippen molar-refractivity contribution in [1.82, 2.24) is 5.32 Å². The van der Waals surface area contributed by atoms with Gasteiger partial charge in [0, 0.05) is 11.8 Å². The summed E-state index contributed by atoms with van der Waals surface area (Å²) in [4.78, 5) is 23.8. The average molecular weight is 415 g/mol. The van der Waals surface area contributed by atoms with Crippen LogP contribution in [-0.2, 0) is 9.53 Å². The van der Waals surface area contributed by atoms with Gasteiger partial charge in [-0.15, -0.1) is 0 Å². The van der Waals surface area contributed by atoms with Crippen LogP contribution >= 0.6 is 22.6 Å². The topological polar surface area (TPSA) is 55.4 Å². The Kier molecular flexibility index (Phi) is 4.52. The fourth-order valence-electron chi connectivity index (χ4n) is 3.10. The molecule has 0 saturated heterocycles. The Labute approximate surface area is 136 Å². The lowest BCUT2D eigenvalue weighted by atomic mass is 9.91. The number of carbonyl (C=O) groups excluding carboxylic acids is 2. The van der Waals surface area contributed by atoms with Gasteiger partial charge >= 0.3 is 6.09 Å². The minimum Gasteiger partial charge on any atom is -0.444 e. The zero-order chi connectivity index (χ0) is 16.0. The number of ether oxygens (including phenoxy) is 1. The maximum Gasteiger partial charge on any atom is 0.408 e. The van der Waals surface area contributed by atoms with Crippen LogP contribution in [0, 0.1) is 17.8 Å². The Balaban J connectivity index is 1.97. The molecule has 0 spiro atoms. The number of alkyl carbamates (subject to hydrolysis) is 1. The molecular weight excluding hydrogens is 395 g/mol. The van der Waals surface area contributed by atoms with E-state index < -0.39 is 35.5 Å². The third-order valence-electron chi connectivity index (χ3n) is 4.10. The van der Waals surface area contributed by atoms with Crippen molar-refractivity contribution in [3.05, 3.63) is 0 Å². The fourth-order valence-corrected chi connectivity index (χ4v) is 3.58. The SMILES string of the molecule is CC(C)(C)OC(=O)NC(C(=O)CI)C1C[C@@H]2[C@H](C1)C2(F)F. The van der Waals surface area contributed by atoms with Gasteiger partial charge in [-0.1, -0.05) is 22.6 Å². The van der Waals surface area contributed by atoms with Gasteiger partial charge in [0.1, 0.15) is 5.60 Å². The van der Waals surface area contributed by atoms with E-state index in [-0.39, 0.29) is 16.1 Å². The highest BCUT2D eigenvalue weighted by atomic mass is 127. The lowest BCUT2D eigenvalue weighted by Crippen LogP contribution is -2.48. The van der Waals surface area contributed by atoms with Gasteiger partial charge in [0.2, 0.25) is 0 Å². The summed E-state index contributed by atoms with van der Waals surface area (Å²) >= 11 is 1.92. The molecule has 2 aliphatic rings. The highest BCUT2D eigenvalue weighted by molar-refractivity contribution is 14.1. The maximum absolute atomic E-state index is 13.2. The van der Waals surface area contributed by atoms with E-state index in [1.54, 1.807) is 20.8 Å². The largest absolute Gasteiger partial charge is 0.444 e. The number of nitrogens with one attached hydrogen (secondary N) is 1. The van der Waals surface area contributed by atoms with Crippen molar-refractivity contribution < 1.29 is 23.1 Å². The summed E-state index contributed by atoms with van der Waals surface area (Å²) in [6.07, 6.45) is -0.0841. The van der Waals surface area contributed by atoms with Crippen LogP contribution in [0.4, 0.5) is 13.6 Å². The van der Waals surface area contributed by atoms with E-state index in [1.807, 2.05) is 22.6 Å². The molecule has 4 atom stereocenters. The van der Waals surface area contributed by atoms with Crippen LogP contribution in [0.1, 0.15) is 33.6 Å². The van der Waals surface area contributed by atoms with E-state index in [9.17, 15) is 18.4 Å². The monoisotopic (exact) mass is 415 g/mol. The lowest BCUT2D eigenvalue weighted by Gasteiger charge is -2.27. The average Bonchev–Trinajstić information content (AvgIpc) is 2.75. The number of ketones is 1. The summed E-state index contributed by atoms with van der Waals surface area (Å²) in [5.74, 6) is -4.16. The molecule has 0 heterocycles. The van der Waals surface area contributed by atoms with E-state index in [0.29, 0.717) is 12.8 Å². The smallest absolute Gasteiger partial charge is 0.408 e. The fraction of sp³-hybridized carbons (Fsp3) is 0.857. The maximum atomic E-state index is 13.2. The number of fused-ring (bicyclic) bond motifs is 1. The Bertz CT molecular complexity index is 436. The number of hydrogen-bond acceptors (Lipinski definition) is 3. The highest BCUT2D eigenvalue weighted by Gasteiger charge is 2.72. The van der Waals surface area contributed by atoms with Crippen LogP contribution in [0.5, 0.6) is 0 Å². The Morgan fingerprint density at radius 1 is 1.33 bits per heavy atom. The molecule has 0 aliphatic heterocycles. The lowest BCUT2D eigenvalue weighted by molar-refractivity contribution is -0.120. The molecule has 0 aromatic heterocycles. The molecule has 2 aliphatic carbocycles. The van der Waals surface area contributed by atoms with Gasteiger partial charge in [-0.25, -0.2) is 13.6 Å². The Morgan fingerprint density at radius 3 is 2.29 bits per heavy atom. The van der Waals surface area contributed by atoms with Gasteiger partial charge in [-0.2, -0.15) is 0 Å². The van der Waals surface area contributed by atoms with Crippen molar-refractivity contribution >= 4 is 34.5 Å². The molecule has 2 rings (SSSR count). The second kappa shape index (κ2) is 5.62. The molecule has 0 radical (unpaired) electrons. The van der Waals surface area contributed by atoms with Crippen LogP contribution in [-0.4, -0.2) is 33.9 Å². The quantitative estimate of drug-likeness (QED) is 0.567. The van der Waals surface area contributed by atoms with Crippen LogP contribution < -0.4 is 5.32 Å². The summed E-state index contributed by atoms with van der Waals surface area (Å²) in [6.45, 7) is 5.19. The van der Waals surface area contributed by atoms with Crippen LogP contribution in [0.15, 0.2) is 0 Å². The molecule has 2 saturated carbocycles. The van der Waals surface area contributed by atoms with Crippen molar-refractivity contribution in [1.29, 1.82) is 0 Å². The number of halogens is 3. The molecule has 2 fully saturated rings. The van der Waals surface area contributed by atoms with Crippen molar-refractivity contribution in [2.75, 3.05) is 4.43 Å². The molecule has 21 heavy (non-hydrogen) atoms. The van der Waals surface area contributed by atoms with Gasteiger partial charge in [0.15, 0.2) is 5.78 Å². The summed E-state index contributed by atoms with van der Waals surface area (Å²) in [5, 5.41) is 2.57. The first kappa shape index (κ1) is 16.9. The number of hydrogen-bond donors (Lipinski definition) is 1. The third-order valence-corrected chi connectivity index (χ3v) is 4.85. The van der Waals surface area contributed by atoms with Crippen molar-refractivity contribution in [2.24, 2.45) is 17.8 Å². The molecule has 1 amide bonds. The van der Waals surface area contributed by atoms with Gasteiger partial charge in [-0.05, 0) is 39.5 Å². The number of alkyl halides is 3. The summed E-state index contributed by atoms with van der Waals surface area (Å²) in [7, 11) is 0. The van der Waals surface area contributed by atoms with Crippen molar-refractivity contribution in [2.45, 2.75) is 51.2 Å². The van der Waals surface area contributed by atoms with Gasteiger partial charge in [0.25, 0.3) is 5.92 Å². The zero-order valence-corrected chi connectivity index (χ0v) is 14.4. The first-order valence-corrected chi connectivity index (χ1v) is 8.55. The summed E-state index contributed by atoms with van der Waals surface area (Å²) < 4.78 is 31.9. The van der Waals surface area contributed by atoms with Crippen LogP contribution in [0.3, 0.4) is 0 Å². The summed E-state index contributed by atoms with van der Waals surface area (Å²) in [6, 6.07) is -0.722. The summed E-state index contributed by atoms with van der Waals surface area (Å²) in [5.41, 5.74) is -0.660. The molecule has 4 nitrogen and oxygen atoms in total. The molecule has 1 N–H and O–H groups in total. The Hall–Kier alpha value is -0.470. The predicted molar refractivity (Wildman–Crippen MR) is 81.7 cm³/mol. The third kappa shape index (κ3) is 3.65. The van der Waals surface area contributed by atoms with Gasteiger partial charge in [-0.3, -0.25) is 4.79 Å². The van der Waals surface area contributed by atoms with Crippen LogP contribution in [0.25, 0.3) is 0 Å². The number of Topliss-reactive ketones (excluding diaryl/α,β-unsaturated/α-hetero) is 1. The van der Waals surface area contributed by atoms with E-state index in [0.717, 1.165) is 0 Å². The van der Waals surface area contributed by atoms with Crippen molar-refractivity contribution in [3.63, 3.8) is 0 Å². The predicted octanol–water partition coefficient (Wildman–Crippen LogP) is 3.18. The van der Waals surface area contributed by atoms with Crippen LogP contribution in [0.2, 0.25) is 0 Å². The molecule has 120 valence electrons. The molecule has 0 bridgehead atoms. The standard InChI is InChI=1S/C14H20F2INO3/c1-13(2,3)21-12(20)18-11(10(19)6-17)7-4-8-9(5-7)14(8,15)16/h7-9,11H,4-6H2,1-3H3,(H,18,20)/t7?,8-,9+,11?. The first-order chi connectivity index (χ1) is 9.56. The molecular formula is C14H20F2INO3. The number of rotatable bonds is 4. The van der Waals surface area contributed by atoms with E-state index in [2.05, 4.69) is 5.32 Å². The number of carbonyl (C=O) groups is 2. The second-order valence-corrected chi connectivity index (χ2v) is 7.61.